The molecule has 0 fully saturated rings. The van der Waals surface area contributed by atoms with E-state index in [1.54, 1.807) is 0 Å². The topological polar surface area (TPSA) is 0 Å². The molecular formula is C25H26SnTe. The molecule has 4 rings (SSSR count). The van der Waals surface area contributed by atoms with Crippen LogP contribution >= 0.6 is 0 Å². The Hall–Kier alpha value is -1.40. The van der Waals surface area contributed by atoms with Gasteiger partial charge in [0.1, 0.15) is 0 Å². The number of benzene rings is 3. The van der Waals surface area contributed by atoms with Gasteiger partial charge >= 0.3 is 62.5 Å². The van der Waals surface area contributed by atoms with Crippen LogP contribution < -0.4 is 0 Å². The average molecular weight is 573 g/mol. The molecule has 0 unspecified atom stereocenters. The van der Waals surface area contributed by atoms with Crippen LogP contribution in [0.2, 0.25) is 0 Å². The average Bonchev–Trinajstić information content (AvgIpc) is 2.75. The first kappa shape index (κ1) is 25.6. The Morgan fingerprint density at radius 1 is 0.481 bits per heavy atom. The SMILES string of the molecule is CC1C=CC(=[Te])C=C1.[Sn].c1ccccc1.c1ccccc1.c1ccccc1. The summed E-state index contributed by atoms with van der Waals surface area (Å²) in [7, 11) is 0. The van der Waals surface area contributed by atoms with Gasteiger partial charge in [-0.2, -0.15) is 0 Å². The molecule has 0 saturated carbocycles. The van der Waals surface area contributed by atoms with Crippen molar-refractivity contribution >= 4 is 49.3 Å². The fourth-order valence-electron chi connectivity index (χ4n) is 1.77. The van der Waals surface area contributed by atoms with Crippen LogP contribution in [0, 0.1) is 5.92 Å². The van der Waals surface area contributed by atoms with Gasteiger partial charge in [0, 0.05) is 23.9 Å². The van der Waals surface area contributed by atoms with Gasteiger partial charge in [-0.1, -0.05) is 109 Å². The quantitative estimate of drug-likeness (QED) is 0.300. The summed E-state index contributed by atoms with van der Waals surface area (Å²) >= 11 is 2.04. The Morgan fingerprint density at radius 2 is 0.667 bits per heavy atom. The molecule has 0 spiro atoms. The molecule has 1 aliphatic carbocycles. The molecule has 0 atom stereocenters. The zero-order valence-electron chi connectivity index (χ0n) is 15.7. The summed E-state index contributed by atoms with van der Waals surface area (Å²) in [6.07, 6.45) is 8.74. The fraction of sp³-hybridized carbons (Fsp3) is 0.0800. The predicted molar refractivity (Wildman–Crippen MR) is 123 cm³/mol. The largest absolute Gasteiger partial charge is 0.0623 e. The second-order valence-corrected chi connectivity index (χ2v) is 6.79. The normalized spacial score (nSPS) is 11.2. The van der Waals surface area contributed by atoms with Crippen molar-refractivity contribution in [3.63, 3.8) is 0 Å². The van der Waals surface area contributed by atoms with Gasteiger partial charge in [-0.25, -0.2) is 0 Å². The number of rotatable bonds is 0. The van der Waals surface area contributed by atoms with E-state index >= 15 is 0 Å². The molecule has 0 nitrogen and oxygen atoms in total. The van der Waals surface area contributed by atoms with Crippen molar-refractivity contribution in [2.45, 2.75) is 6.92 Å². The van der Waals surface area contributed by atoms with Crippen LogP contribution in [-0.2, 0) is 0 Å². The molecule has 3 aromatic carbocycles. The first-order chi connectivity index (χ1) is 12.8. The Balaban J connectivity index is 0.000000332. The molecule has 0 N–H and O–H groups in total. The second-order valence-electron chi connectivity index (χ2n) is 5.44. The van der Waals surface area contributed by atoms with Crippen molar-refractivity contribution in [2.75, 3.05) is 0 Å². The standard InChI is InChI=1S/C7H8Te.3C6H6.Sn/c1-6-2-4-7(8)5-3-6;3*1-2-4-6-5-3-1;/h2-6H,1H3;3*1-6H;. The maximum atomic E-state index is 2.21. The third-order valence-corrected chi connectivity index (χ3v) is 3.90. The molecule has 0 bridgehead atoms. The minimum absolute atomic E-state index is 0. The van der Waals surface area contributed by atoms with Crippen LogP contribution in [0.3, 0.4) is 0 Å². The van der Waals surface area contributed by atoms with Crippen LogP contribution in [0.15, 0.2) is 133 Å². The monoisotopic (exact) mass is 576 g/mol. The van der Waals surface area contributed by atoms with Crippen molar-refractivity contribution < 1.29 is 0 Å². The van der Waals surface area contributed by atoms with E-state index in [0.717, 1.165) is 0 Å². The van der Waals surface area contributed by atoms with E-state index in [-0.39, 0.29) is 23.9 Å². The first-order valence-corrected chi connectivity index (χ1v) is 9.86. The van der Waals surface area contributed by atoms with Crippen molar-refractivity contribution in [3.8, 4) is 0 Å². The summed E-state index contributed by atoms with van der Waals surface area (Å²) in [6.45, 7) is 2.18. The zero-order chi connectivity index (χ0) is 18.7. The van der Waals surface area contributed by atoms with Crippen LogP contribution in [0.5, 0.6) is 0 Å². The summed E-state index contributed by atoms with van der Waals surface area (Å²) in [4.78, 5) is 0. The van der Waals surface area contributed by atoms with Crippen LogP contribution in [-0.4, -0.2) is 49.3 Å². The number of hydrogen-bond acceptors (Lipinski definition) is 0. The molecule has 0 saturated heterocycles. The van der Waals surface area contributed by atoms with Crippen molar-refractivity contribution in [2.24, 2.45) is 5.92 Å². The molecule has 2 heteroatoms. The minimum Gasteiger partial charge on any atom is -0.0623 e. The summed E-state index contributed by atoms with van der Waals surface area (Å²) in [5.74, 6) is 0.639. The van der Waals surface area contributed by atoms with Crippen molar-refractivity contribution in [1.82, 2.24) is 0 Å². The minimum atomic E-state index is 0. The summed E-state index contributed by atoms with van der Waals surface area (Å²) < 4.78 is 1.36. The van der Waals surface area contributed by atoms with E-state index < -0.39 is 0 Å². The van der Waals surface area contributed by atoms with E-state index in [4.69, 9.17) is 0 Å². The molecule has 0 aromatic heterocycles. The smallest absolute Gasteiger partial charge is 0 e. The van der Waals surface area contributed by atoms with Gasteiger partial charge in [-0.05, 0) is 0 Å². The molecule has 136 valence electrons. The molecule has 1 aliphatic rings. The van der Waals surface area contributed by atoms with E-state index in [2.05, 4.69) is 31.2 Å². The Morgan fingerprint density at radius 3 is 0.815 bits per heavy atom. The maximum absolute atomic E-state index is 2.21. The summed E-state index contributed by atoms with van der Waals surface area (Å²) in [6, 6.07) is 36.0. The van der Waals surface area contributed by atoms with Gasteiger partial charge in [0.2, 0.25) is 0 Å². The molecule has 0 amide bonds. The molecule has 0 aliphatic heterocycles. The second kappa shape index (κ2) is 19.4. The van der Waals surface area contributed by atoms with Crippen LogP contribution in [0.1, 0.15) is 6.92 Å². The van der Waals surface area contributed by atoms with Gasteiger partial charge in [-0.3, -0.25) is 0 Å². The van der Waals surface area contributed by atoms with Gasteiger partial charge in [-0.15, -0.1) is 0 Å². The first-order valence-electron chi connectivity index (χ1n) is 8.69. The van der Waals surface area contributed by atoms with E-state index in [9.17, 15) is 0 Å². The van der Waals surface area contributed by atoms with Crippen LogP contribution in [0.25, 0.3) is 0 Å². The Labute approximate surface area is 194 Å². The van der Waals surface area contributed by atoms with E-state index in [0.29, 0.717) is 5.92 Å². The third kappa shape index (κ3) is 17.8. The predicted octanol–water partition coefficient (Wildman–Crippen LogP) is 5.77. The van der Waals surface area contributed by atoms with Crippen LogP contribution in [0.4, 0.5) is 0 Å². The summed E-state index contributed by atoms with van der Waals surface area (Å²) in [5, 5.41) is 0. The third-order valence-electron chi connectivity index (χ3n) is 3.13. The summed E-state index contributed by atoms with van der Waals surface area (Å²) in [5.41, 5.74) is 0. The van der Waals surface area contributed by atoms with Gasteiger partial charge in [0.05, 0.1) is 0 Å². The Kier molecular flexibility index (Phi) is 18.4. The molecular weight excluding hydrogens is 547 g/mol. The number of hydrogen-bond donors (Lipinski definition) is 0. The maximum Gasteiger partial charge on any atom is 0 e. The zero-order valence-corrected chi connectivity index (χ0v) is 20.9. The van der Waals surface area contributed by atoms with Crippen molar-refractivity contribution in [1.29, 1.82) is 0 Å². The molecule has 3 aromatic rings. The molecule has 0 heterocycles. The Bertz CT molecular complexity index is 551. The molecule has 4 radical (unpaired) electrons. The van der Waals surface area contributed by atoms with Gasteiger partial charge in [0.25, 0.3) is 0 Å². The van der Waals surface area contributed by atoms with E-state index in [1.165, 1.54) is 3.55 Å². The molecule has 27 heavy (non-hydrogen) atoms. The van der Waals surface area contributed by atoms with Gasteiger partial charge in [0.15, 0.2) is 0 Å². The van der Waals surface area contributed by atoms with Gasteiger partial charge < -0.3 is 0 Å². The fourth-order valence-corrected chi connectivity index (χ4v) is 2.22. The number of allylic oxidation sites excluding steroid dienone is 4. The van der Waals surface area contributed by atoms with E-state index in [1.807, 2.05) is 131 Å². The van der Waals surface area contributed by atoms with Crippen molar-refractivity contribution in [3.05, 3.63) is 133 Å².